The number of hydrogen-bond donors (Lipinski definition) is 1. The van der Waals surface area contributed by atoms with Crippen molar-refractivity contribution in [3.05, 3.63) is 64.7 Å². The number of carbonyl (C=O) groups is 3. The van der Waals surface area contributed by atoms with Gasteiger partial charge in [-0.05, 0) is 49.6 Å². The SMILES string of the molecule is Cc1ccccc1N1C(=O)NC(=O)C12CCN(C(=O)c1cc(C(F)(F)F)cc(C(F)(F)F)c1)CC2. The highest BCUT2D eigenvalue weighted by molar-refractivity contribution is 6.17. The minimum Gasteiger partial charge on any atom is -0.338 e. The van der Waals surface area contributed by atoms with E-state index in [-0.39, 0.29) is 32.0 Å². The number of likely N-dealkylation sites (tertiary alicyclic amines) is 1. The summed E-state index contributed by atoms with van der Waals surface area (Å²) in [5, 5.41) is 2.27. The quantitative estimate of drug-likeness (QED) is 0.479. The van der Waals surface area contributed by atoms with Crippen LogP contribution in [-0.4, -0.2) is 41.4 Å². The van der Waals surface area contributed by atoms with Crippen molar-refractivity contribution in [2.75, 3.05) is 18.0 Å². The van der Waals surface area contributed by atoms with E-state index in [1.807, 2.05) is 0 Å². The number of benzene rings is 2. The summed E-state index contributed by atoms with van der Waals surface area (Å²) >= 11 is 0. The third-order valence-corrected chi connectivity index (χ3v) is 6.34. The van der Waals surface area contributed by atoms with Gasteiger partial charge in [-0.1, -0.05) is 18.2 Å². The maximum absolute atomic E-state index is 13.2. The van der Waals surface area contributed by atoms with Gasteiger partial charge in [-0.2, -0.15) is 26.3 Å². The third kappa shape index (κ3) is 4.32. The number of nitrogens with zero attached hydrogens (tertiary/aromatic N) is 2. The van der Waals surface area contributed by atoms with Crippen molar-refractivity contribution in [1.82, 2.24) is 10.2 Å². The number of anilines is 1. The lowest BCUT2D eigenvalue weighted by molar-refractivity contribution is -0.143. The van der Waals surface area contributed by atoms with Gasteiger partial charge in [0.15, 0.2) is 0 Å². The van der Waals surface area contributed by atoms with E-state index in [9.17, 15) is 40.7 Å². The molecule has 0 atom stereocenters. The molecule has 0 saturated carbocycles. The molecule has 2 aromatic rings. The van der Waals surface area contributed by atoms with Crippen LogP contribution in [0.2, 0.25) is 0 Å². The molecule has 12 heteroatoms. The largest absolute Gasteiger partial charge is 0.416 e. The zero-order valence-electron chi connectivity index (χ0n) is 18.3. The molecule has 0 bridgehead atoms. The summed E-state index contributed by atoms with van der Waals surface area (Å²) < 4.78 is 79.1. The summed E-state index contributed by atoms with van der Waals surface area (Å²) in [6.45, 7) is 1.45. The number of rotatable bonds is 2. The molecule has 1 N–H and O–H groups in total. The second-order valence-corrected chi connectivity index (χ2v) is 8.50. The molecule has 2 saturated heterocycles. The first-order valence-electron chi connectivity index (χ1n) is 10.5. The molecule has 186 valence electrons. The molecule has 4 rings (SSSR count). The Hall–Kier alpha value is -3.57. The van der Waals surface area contributed by atoms with E-state index in [2.05, 4.69) is 5.32 Å². The van der Waals surface area contributed by atoms with Crippen molar-refractivity contribution in [2.24, 2.45) is 0 Å². The number of nitrogens with one attached hydrogen (secondary N) is 1. The van der Waals surface area contributed by atoms with Gasteiger partial charge in [-0.3, -0.25) is 19.8 Å². The highest BCUT2D eigenvalue weighted by atomic mass is 19.4. The number of carbonyl (C=O) groups excluding carboxylic acids is 3. The average Bonchev–Trinajstić information content (AvgIpc) is 3.01. The monoisotopic (exact) mass is 499 g/mol. The lowest BCUT2D eigenvalue weighted by Crippen LogP contribution is -2.57. The zero-order valence-corrected chi connectivity index (χ0v) is 18.3. The molecule has 35 heavy (non-hydrogen) atoms. The fourth-order valence-corrected chi connectivity index (χ4v) is 4.51. The van der Waals surface area contributed by atoms with Gasteiger partial charge in [-0.25, -0.2) is 4.79 Å². The van der Waals surface area contributed by atoms with Gasteiger partial charge in [0.25, 0.3) is 11.8 Å². The van der Waals surface area contributed by atoms with E-state index in [0.29, 0.717) is 17.8 Å². The number of alkyl halides is 6. The molecule has 1 spiro atoms. The molecule has 0 unspecified atom stereocenters. The van der Waals surface area contributed by atoms with E-state index in [4.69, 9.17) is 0 Å². The summed E-state index contributed by atoms with van der Waals surface area (Å²) in [6.07, 6.45) is -10.3. The predicted molar refractivity (Wildman–Crippen MR) is 112 cm³/mol. The molecule has 4 amide bonds. The third-order valence-electron chi connectivity index (χ3n) is 6.34. The number of imide groups is 1. The van der Waals surface area contributed by atoms with E-state index >= 15 is 0 Å². The highest BCUT2D eigenvalue weighted by Gasteiger charge is 2.55. The van der Waals surface area contributed by atoms with Crippen LogP contribution in [-0.2, 0) is 17.1 Å². The van der Waals surface area contributed by atoms with E-state index in [1.54, 1.807) is 31.2 Å². The maximum atomic E-state index is 13.2. The van der Waals surface area contributed by atoms with Gasteiger partial charge < -0.3 is 4.90 Å². The van der Waals surface area contributed by atoms with Crippen LogP contribution < -0.4 is 10.2 Å². The molecule has 2 aliphatic rings. The number of piperidine rings is 1. The lowest BCUT2D eigenvalue weighted by Gasteiger charge is -2.42. The molecule has 2 heterocycles. The van der Waals surface area contributed by atoms with Gasteiger partial charge >= 0.3 is 18.4 Å². The molecule has 2 fully saturated rings. The van der Waals surface area contributed by atoms with Crippen LogP contribution in [0.1, 0.15) is 39.9 Å². The first-order valence-corrected chi connectivity index (χ1v) is 10.5. The Kier molecular flexibility index (Phi) is 5.81. The second kappa shape index (κ2) is 8.28. The number of amides is 4. The topological polar surface area (TPSA) is 69.7 Å². The highest BCUT2D eigenvalue weighted by Crippen LogP contribution is 2.40. The summed E-state index contributed by atoms with van der Waals surface area (Å²) in [5.41, 5.74) is -4.05. The van der Waals surface area contributed by atoms with Crippen molar-refractivity contribution in [3.8, 4) is 0 Å². The lowest BCUT2D eigenvalue weighted by atomic mass is 9.85. The minimum absolute atomic E-state index is 0.0451. The van der Waals surface area contributed by atoms with Gasteiger partial charge in [0.1, 0.15) is 5.54 Å². The number of hydrogen-bond acceptors (Lipinski definition) is 3. The van der Waals surface area contributed by atoms with Crippen molar-refractivity contribution in [1.29, 1.82) is 0 Å². The Bertz CT molecular complexity index is 1170. The van der Waals surface area contributed by atoms with Crippen molar-refractivity contribution >= 4 is 23.5 Å². The first-order chi connectivity index (χ1) is 16.2. The zero-order chi connectivity index (χ0) is 25.8. The predicted octanol–water partition coefficient (Wildman–Crippen LogP) is 4.76. The normalized spacial score (nSPS) is 18.3. The number of aryl methyl sites for hydroxylation is 1. The minimum atomic E-state index is -5.08. The molecule has 6 nitrogen and oxygen atoms in total. The molecule has 2 aliphatic heterocycles. The smallest absolute Gasteiger partial charge is 0.338 e. The van der Waals surface area contributed by atoms with Crippen LogP contribution >= 0.6 is 0 Å². The van der Waals surface area contributed by atoms with E-state index in [1.165, 1.54) is 4.90 Å². The van der Waals surface area contributed by atoms with Gasteiger partial charge in [0.2, 0.25) is 0 Å². The Morgan fingerprint density at radius 1 is 0.914 bits per heavy atom. The Balaban J connectivity index is 1.62. The van der Waals surface area contributed by atoms with E-state index in [0.717, 1.165) is 10.5 Å². The Morgan fingerprint density at radius 2 is 1.46 bits per heavy atom. The number of urea groups is 1. The van der Waals surface area contributed by atoms with Crippen molar-refractivity contribution in [2.45, 2.75) is 37.7 Å². The fraction of sp³-hybridized carbons (Fsp3) is 0.348. The van der Waals surface area contributed by atoms with Crippen LogP contribution in [0, 0.1) is 6.92 Å². The maximum Gasteiger partial charge on any atom is 0.416 e. The molecule has 0 aromatic heterocycles. The standard InChI is InChI=1S/C23H19F6N3O3/c1-13-4-2-3-5-17(13)32-20(35)30-19(34)21(32)6-8-31(9-7-21)18(33)14-10-15(22(24,25)26)12-16(11-14)23(27,28)29/h2-5,10-12H,6-9H2,1H3,(H,30,34,35). The number of para-hydroxylation sites is 1. The summed E-state index contributed by atoms with van der Waals surface area (Å²) in [5.74, 6) is -1.60. The van der Waals surface area contributed by atoms with Crippen LogP contribution in [0.3, 0.4) is 0 Å². The van der Waals surface area contributed by atoms with Crippen molar-refractivity contribution < 1.29 is 40.7 Å². The summed E-state index contributed by atoms with van der Waals surface area (Å²) in [6, 6.07) is 6.94. The van der Waals surface area contributed by atoms with Gasteiger partial charge in [-0.15, -0.1) is 0 Å². The molecule has 2 aromatic carbocycles. The van der Waals surface area contributed by atoms with Crippen molar-refractivity contribution in [3.63, 3.8) is 0 Å². The van der Waals surface area contributed by atoms with Crippen LogP contribution in [0.5, 0.6) is 0 Å². The van der Waals surface area contributed by atoms with Crippen LogP contribution in [0.25, 0.3) is 0 Å². The summed E-state index contributed by atoms with van der Waals surface area (Å²) in [7, 11) is 0. The average molecular weight is 499 g/mol. The number of halogens is 6. The molecular weight excluding hydrogens is 480 g/mol. The first kappa shape index (κ1) is 24.6. The Morgan fingerprint density at radius 3 is 1.97 bits per heavy atom. The second-order valence-electron chi connectivity index (χ2n) is 8.50. The van der Waals surface area contributed by atoms with Gasteiger partial charge in [0, 0.05) is 24.3 Å². The van der Waals surface area contributed by atoms with Crippen LogP contribution in [0.4, 0.5) is 36.8 Å². The summed E-state index contributed by atoms with van der Waals surface area (Å²) in [4.78, 5) is 40.7. The van der Waals surface area contributed by atoms with E-state index < -0.39 is 52.4 Å². The van der Waals surface area contributed by atoms with Crippen LogP contribution in [0.15, 0.2) is 42.5 Å². The Labute approximate surface area is 195 Å². The fourth-order valence-electron chi connectivity index (χ4n) is 4.51. The van der Waals surface area contributed by atoms with Gasteiger partial charge in [0.05, 0.1) is 11.1 Å². The molecular formula is C23H19F6N3O3. The molecule has 0 aliphatic carbocycles. The molecule has 0 radical (unpaired) electrons.